The van der Waals surface area contributed by atoms with Gasteiger partial charge in [0.1, 0.15) is 0 Å². The van der Waals surface area contributed by atoms with E-state index in [1.54, 1.807) is 25.7 Å². The van der Waals surface area contributed by atoms with E-state index in [0.717, 1.165) is 27.5 Å². The molecule has 0 aliphatic carbocycles. The van der Waals surface area contributed by atoms with E-state index in [1.165, 1.54) is 0 Å². The van der Waals surface area contributed by atoms with Crippen LogP contribution in [0.25, 0.3) is 21.9 Å². The van der Waals surface area contributed by atoms with Crippen molar-refractivity contribution in [1.29, 1.82) is 0 Å². The van der Waals surface area contributed by atoms with E-state index in [0.29, 0.717) is 41.5 Å². The molecule has 0 fully saturated rings. The van der Waals surface area contributed by atoms with Gasteiger partial charge >= 0.3 is 5.97 Å². The van der Waals surface area contributed by atoms with E-state index in [4.69, 9.17) is 23.7 Å². The molecule has 180 valence electrons. The van der Waals surface area contributed by atoms with Crippen molar-refractivity contribution >= 4 is 22.6 Å². The highest BCUT2D eigenvalue weighted by atomic mass is 16.7. The van der Waals surface area contributed by atoms with Crippen molar-refractivity contribution in [2.45, 2.75) is 27.2 Å². The highest BCUT2D eigenvalue weighted by Gasteiger charge is 2.32. The molecule has 0 aromatic heterocycles. The number of esters is 1. The monoisotopic (exact) mass is 475 g/mol. The second kappa shape index (κ2) is 7.80. The molecule has 35 heavy (non-hydrogen) atoms. The Labute approximate surface area is 202 Å². The molecule has 0 spiro atoms. The van der Waals surface area contributed by atoms with Crippen molar-refractivity contribution in [1.82, 2.24) is 4.90 Å². The van der Waals surface area contributed by atoms with Crippen LogP contribution >= 0.6 is 0 Å². The van der Waals surface area contributed by atoms with Crippen molar-refractivity contribution in [2.24, 2.45) is 5.41 Å². The highest BCUT2D eigenvalue weighted by molar-refractivity contribution is 6.10. The summed E-state index contributed by atoms with van der Waals surface area (Å²) >= 11 is 0. The van der Waals surface area contributed by atoms with Crippen LogP contribution in [0.15, 0.2) is 36.4 Å². The summed E-state index contributed by atoms with van der Waals surface area (Å²) in [6.45, 7) is 6.05. The lowest BCUT2D eigenvalue weighted by Crippen LogP contribution is -2.41. The maximum Gasteiger partial charge on any atom is 0.312 e. The van der Waals surface area contributed by atoms with Gasteiger partial charge in [0, 0.05) is 17.5 Å². The number of hydrogen-bond acceptors (Lipinski definition) is 7. The summed E-state index contributed by atoms with van der Waals surface area (Å²) in [4.78, 5) is 27.4. The number of carbonyl (C=O) groups is 2. The third kappa shape index (κ3) is 3.51. The Balaban J connectivity index is 1.48. The van der Waals surface area contributed by atoms with Gasteiger partial charge in [-0.2, -0.15) is 0 Å². The lowest BCUT2D eigenvalue weighted by molar-refractivity contribution is -0.156. The first kappa shape index (κ1) is 21.6. The molecule has 0 saturated carbocycles. The Kier molecular flexibility index (Phi) is 4.81. The van der Waals surface area contributed by atoms with Crippen molar-refractivity contribution in [3.05, 3.63) is 47.5 Å². The number of amides is 1. The fourth-order valence-electron chi connectivity index (χ4n) is 4.71. The van der Waals surface area contributed by atoms with Gasteiger partial charge < -0.3 is 28.6 Å². The van der Waals surface area contributed by atoms with Crippen LogP contribution in [0, 0.1) is 5.41 Å². The zero-order valence-corrected chi connectivity index (χ0v) is 19.8. The number of carbonyl (C=O) groups excluding carboxylic acids is 2. The fourth-order valence-corrected chi connectivity index (χ4v) is 4.71. The van der Waals surface area contributed by atoms with Crippen LogP contribution in [0.5, 0.6) is 23.0 Å². The number of fused-ring (bicyclic) bond motifs is 5. The predicted molar refractivity (Wildman–Crippen MR) is 127 cm³/mol. The van der Waals surface area contributed by atoms with Crippen LogP contribution in [0.2, 0.25) is 0 Å². The van der Waals surface area contributed by atoms with Gasteiger partial charge in [-0.05, 0) is 73.5 Å². The molecule has 0 unspecified atom stereocenters. The molecular weight excluding hydrogens is 450 g/mol. The van der Waals surface area contributed by atoms with Crippen molar-refractivity contribution in [3.8, 4) is 34.1 Å². The van der Waals surface area contributed by atoms with Crippen LogP contribution < -0.4 is 18.9 Å². The zero-order valence-electron chi connectivity index (χ0n) is 19.8. The predicted octanol–water partition coefficient (Wildman–Crippen LogP) is 4.51. The van der Waals surface area contributed by atoms with Crippen LogP contribution in [0.1, 0.15) is 36.7 Å². The molecule has 3 aliphatic rings. The average Bonchev–Trinajstić information content (AvgIpc) is 3.50. The quantitative estimate of drug-likeness (QED) is 0.516. The summed E-state index contributed by atoms with van der Waals surface area (Å²) in [6, 6.07) is 11.5. The van der Waals surface area contributed by atoms with Crippen LogP contribution in [-0.2, 0) is 16.0 Å². The summed E-state index contributed by atoms with van der Waals surface area (Å²) in [7, 11) is 0. The number of rotatable bonds is 3. The van der Waals surface area contributed by atoms with Crippen LogP contribution in [0.3, 0.4) is 0 Å². The van der Waals surface area contributed by atoms with E-state index in [9.17, 15) is 9.59 Å². The molecule has 0 N–H and O–H groups in total. The summed E-state index contributed by atoms with van der Waals surface area (Å²) in [5, 5.41) is 1.76. The van der Waals surface area contributed by atoms with Gasteiger partial charge in [0.25, 0.3) is 5.91 Å². The Morgan fingerprint density at radius 2 is 1.71 bits per heavy atom. The van der Waals surface area contributed by atoms with Gasteiger partial charge in [-0.15, -0.1) is 0 Å². The van der Waals surface area contributed by atoms with E-state index < -0.39 is 5.41 Å². The summed E-state index contributed by atoms with van der Waals surface area (Å²) < 4.78 is 28.1. The number of hydrogen-bond donors (Lipinski definition) is 0. The van der Waals surface area contributed by atoms with E-state index in [1.807, 2.05) is 36.4 Å². The molecule has 0 bridgehead atoms. The molecule has 3 aliphatic heterocycles. The Morgan fingerprint density at radius 1 is 0.971 bits per heavy atom. The van der Waals surface area contributed by atoms with Gasteiger partial charge in [0.15, 0.2) is 29.7 Å². The zero-order chi connectivity index (χ0) is 24.3. The van der Waals surface area contributed by atoms with E-state index >= 15 is 0 Å². The van der Waals surface area contributed by atoms with Crippen molar-refractivity contribution in [2.75, 3.05) is 26.9 Å². The van der Waals surface area contributed by atoms with Crippen LogP contribution in [0.4, 0.5) is 0 Å². The molecular formula is C27H25NO7. The Morgan fingerprint density at radius 3 is 2.54 bits per heavy atom. The smallest absolute Gasteiger partial charge is 0.312 e. The van der Waals surface area contributed by atoms with E-state index in [-0.39, 0.29) is 32.2 Å². The molecule has 0 atom stereocenters. The first-order valence-electron chi connectivity index (χ1n) is 11.6. The largest absolute Gasteiger partial charge is 0.454 e. The van der Waals surface area contributed by atoms with Crippen molar-refractivity contribution in [3.63, 3.8) is 0 Å². The molecule has 3 aromatic carbocycles. The van der Waals surface area contributed by atoms with Gasteiger partial charge in [-0.1, -0.05) is 12.1 Å². The highest BCUT2D eigenvalue weighted by Crippen LogP contribution is 2.48. The van der Waals surface area contributed by atoms with Gasteiger partial charge in [-0.25, -0.2) is 0 Å². The maximum atomic E-state index is 13.6. The number of nitrogens with zero attached hydrogens (tertiary/aromatic N) is 1. The summed E-state index contributed by atoms with van der Waals surface area (Å²) in [6.07, 6.45) is 0.596. The first-order valence-corrected chi connectivity index (χ1v) is 11.6. The minimum atomic E-state index is -0.637. The topological polar surface area (TPSA) is 83.5 Å². The molecule has 3 aromatic rings. The molecule has 1 amide bonds. The normalized spacial score (nSPS) is 16.0. The molecule has 0 saturated heterocycles. The minimum absolute atomic E-state index is 0.0765. The molecule has 8 heteroatoms. The second-order valence-electron chi connectivity index (χ2n) is 9.87. The van der Waals surface area contributed by atoms with Gasteiger partial charge in [0.2, 0.25) is 13.6 Å². The standard InChI is InChI=1S/C27H25NO7/c1-27(2,3)26(30)31-12-28-9-8-17-18(25(28)29)10-15-5-7-20-24(35-14-33-20)23(15)22(17)16-4-6-19-21(11-16)34-13-32-19/h4-7,10-11H,8-9,12-14H2,1-3H3. The third-order valence-electron chi connectivity index (χ3n) is 6.52. The SMILES string of the molecule is CC(C)(C)C(=O)OCN1CCc2c(cc3ccc4c(c3c2-c2ccc3c(c2)OCO3)OCO4)C1=O. The Hall–Kier alpha value is -3.94. The lowest BCUT2D eigenvalue weighted by atomic mass is 9.85. The lowest BCUT2D eigenvalue weighted by Gasteiger charge is -2.31. The summed E-state index contributed by atoms with van der Waals surface area (Å²) in [5.41, 5.74) is 2.69. The van der Waals surface area contributed by atoms with E-state index in [2.05, 4.69) is 0 Å². The molecule has 8 nitrogen and oxygen atoms in total. The molecule has 6 rings (SSSR count). The van der Waals surface area contributed by atoms with Crippen molar-refractivity contribution < 1.29 is 33.3 Å². The fraction of sp³-hybridized carbons (Fsp3) is 0.333. The average molecular weight is 475 g/mol. The summed E-state index contributed by atoms with van der Waals surface area (Å²) in [5.74, 6) is 2.19. The second-order valence-corrected chi connectivity index (χ2v) is 9.87. The van der Waals surface area contributed by atoms with Gasteiger partial charge in [-0.3, -0.25) is 9.59 Å². The first-order chi connectivity index (χ1) is 16.8. The molecule has 0 radical (unpaired) electrons. The number of benzene rings is 3. The van der Waals surface area contributed by atoms with Crippen LogP contribution in [-0.4, -0.2) is 43.6 Å². The van der Waals surface area contributed by atoms with Gasteiger partial charge in [0.05, 0.1) is 5.41 Å². The third-order valence-corrected chi connectivity index (χ3v) is 6.52. The molecule has 3 heterocycles. The maximum absolute atomic E-state index is 13.6. The Bertz CT molecular complexity index is 1390. The minimum Gasteiger partial charge on any atom is -0.454 e. The number of ether oxygens (including phenoxy) is 5.